The largest absolute Gasteiger partial charge is 0.307 e. The highest BCUT2D eigenvalue weighted by Crippen LogP contribution is 2.42. The molecule has 0 fully saturated rings. The summed E-state index contributed by atoms with van der Waals surface area (Å²) in [5, 5.41) is 1.97. The first-order valence-corrected chi connectivity index (χ1v) is 17.7. The molecule has 0 aliphatic heterocycles. The first-order valence-electron chi connectivity index (χ1n) is 27.7. The molecule has 6 heteroatoms. The normalized spacial score (nSPS) is 17.1. The summed E-state index contributed by atoms with van der Waals surface area (Å²) >= 11 is 0. The predicted octanol–water partition coefficient (Wildman–Crippen LogP) is 12.5. The van der Waals surface area contributed by atoms with Gasteiger partial charge in [0.15, 0.2) is 5.82 Å². The van der Waals surface area contributed by atoms with Crippen LogP contribution in [-0.4, -0.2) is 28.5 Å². The summed E-state index contributed by atoms with van der Waals surface area (Å²) in [5.74, 6) is -1.30. The van der Waals surface area contributed by atoms with Crippen LogP contribution in [0, 0.1) is 0 Å². The minimum atomic E-state index is -0.841. The lowest BCUT2D eigenvalue weighted by atomic mass is 10.0. The molecule has 6 nitrogen and oxygen atoms in total. The molecule has 0 saturated heterocycles. The summed E-state index contributed by atoms with van der Waals surface area (Å²) in [4.78, 5) is 14.9. The van der Waals surface area contributed by atoms with Crippen LogP contribution in [0.2, 0.25) is 0 Å². The molecule has 0 aliphatic rings. The summed E-state index contributed by atoms with van der Waals surface area (Å²) in [6.07, 6.45) is 0. The minimum absolute atomic E-state index is 0.201. The van der Waals surface area contributed by atoms with E-state index in [-0.39, 0.29) is 27.6 Å². The molecule has 0 amide bonds. The van der Waals surface area contributed by atoms with Gasteiger partial charge < -0.3 is 4.40 Å². The third kappa shape index (κ3) is 4.16. The molecule has 264 valence electrons. The van der Waals surface area contributed by atoms with Crippen molar-refractivity contribution in [2.75, 3.05) is 0 Å². The van der Waals surface area contributed by atoms with Crippen LogP contribution >= 0.6 is 0 Å². The Labute approximate surface area is 353 Å². The van der Waals surface area contributed by atoms with E-state index in [0.717, 1.165) is 41.7 Å². The van der Waals surface area contributed by atoms with Crippen molar-refractivity contribution in [3.05, 3.63) is 182 Å². The van der Waals surface area contributed by atoms with E-state index in [1.807, 2.05) is 52.9 Å². The lowest BCUT2D eigenvalue weighted by molar-refractivity contribution is 0.893. The minimum Gasteiger partial charge on any atom is -0.307 e. The fraction of sp³-hybridized carbons (Fsp3) is 0. The number of hydrogen-bond donors (Lipinski definition) is 0. The molecular formula is C51H30N6. The van der Waals surface area contributed by atoms with Crippen molar-refractivity contribution in [2.45, 2.75) is 0 Å². The topological polar surface area (TPSA) is 52.9 Å². The van der Waals surface area contributed by atoms with Gasteiger partial charge in [-0.25, -0.2) is 0 Å². The van der Waals surface area contributed by atoms with Gasteiger partial charge in [-0.1, -0.05) is 139 Å². The number of para-hydroxylation sites is 6. The van der Waals surface area contributed by atoms with E-state index in [4.69, 9.17) is 32.8 Å². The molecule has 5 heterocycles. The number of nitrogens with zero attached hydrogens (tertiary/aromatic N) is 6. The van der Waals surface area contributed by atoms with Gasteiger partial charge in [-0.05, 0) is 53.5 Å². The zero-order chi connectivity index (χ0) is 54.6. The fourth-order valence-electron chi connectivity index (χ4n) is 8.16. The molecule has 0 N–H and O–H groups in total. The van der Waals surface area contributed by atoms with Crippen molar-refractivity contribution in [2.24, 2.45) is 0 Å². The Morgan fingerprint density at radius 2 is 0.895 bits per heavy atom. The summed E-state index contributed by atoms with van der Waals surface area (Å²) in [5.41, 5.74) is -0.373. The second-order valence-corrected chi connectivity index (χ2v) is 13.3. The quantitative estimate of drug-likeness (QED) is 0.180. The maximum absolute atomic E-state index is 9.77. The number of benzene rings is 8. The number of hydrogen-bond acceptors (Lipinski definition) is 3. The SMILES string of the molecule is [2H]c1c([2H])c([2H])c(-c2c([2H])c([2H])c3c(c2[2H])c2c([2H])c([2H])c([2H])c([2H])c2n3-c2nc(-c3cccc4c5cccc6c7ccccc7n(c34)c65)nc(-n3c4c([2H])c([2H])c([2H])c([2H])c4c4c([2H])c([2H])c([2H])c([2H])c43)n2)c([2H])c1[2H]. The molecule has 0 bridgehead atoms. The summed E-state index contributed by atoms with van der Waals surface area (Å²) < 4.78 is 184. The van der Waals surface area contributed by atoms with Gasteiger partial charge in [0.25, 0.3) is 0 Å². The Kier molecular flexibility index (Phi) is 3.45. The van der Waals surface area contributed by atoms with Crippen molar-refractivity contribution in [3.8, 4) is 34.4 Å². The molecule has 0 aliphatic carbocycles. The summed E-state index contributed by atoms with van der Waals surface area (Å²) in [7, 11) is 0. The first kappa shape index (κ1) is 17.3. The third-order valence-corrected chi connectivity index (χ3v) is 10.4. The van der Waals surface area contributed by atoms with E-state index in [1.54, 1.807) is 12.1 Å². The van der Waals surface area contributed by atoms with Gasteiger partial charge >= 0.3 is 0 Å². The Morgan fingerprint density at radius 3 is 1.58 bits per heavy atom. The molecule has 0 unspecified atom stereocenters. The van der Waals surface area contributed by atoms with E-state index in [1.165, 1.54) is 0 Å². The van der Waals surface area contributed by atoms with Gasteiger partial charge in [-0.2, -0.15) is 15.0 Å². The number of aromatic nitrogens is 6. The van der Waals surface area contributed by atoms with Crippen LogP contribution in [0.5, 0.6) is 0 Å². The van der Waals surface area contributed by atoms with Gasteiger partial charge in [0.2, 0.25) is 11.9 Å². The maximum atomic E-state index is 9.77. The van der Waals surface area contributed by atoms with Gasteiger partial charge in [0.05, 0.1) is 66.0 Å². The third-order valence-electron chi connectivity index (χ3n) is 10.4. The van der Waals surface area contributed by atoms with Crippen LogP contribution in [0.15, 0.2) is 182 Å². The van der Waals surface area contributed by atoms with E-state index < -0.39 is 166 Å². The average Bonchev–Trinajstić information content (AvgIpc) is 4.40. The van der Waals surface area contributed by atoms with Crippen molar-refractivity contribution in [1.29, 1.82) is 0 Å². The Balaban J connectivity index is 1.27. The van der Waals surface area contributed by atoms with Crippen molar-refractivity contribution in [3.63, 3.8) is 0 Å². The van der Waals surface area contributed by atoms with Crippen molar-refractivity contribution in [1.82, 2.24) is 28.5 Å². The Bertz CT molecular complexity index is 4840. The predicted molar refractivity (Wildman–Crippen MR) is 234 cm³/mol. The van der Waals surface area contributed by atoms with E-state index in [0.29, 0.717) is 11.1 Å². The van der Waals surface area contributed by atoms with Crippen LogP contribution in [0.1, 0.15) is 27.4 Å². The Hall–Kier alpha value is -7.83. The van der Waals surface area contributed by atoms with E-state index in [9.17, 15) is 9.60 Å². The van der Waals surface area contributed by atoms with Crippen LogP contribution in [-0.2, 0) is 0 Å². The molecule has 8 aromatic carbocycles. The van der Waals surface area contributed by atoms with Crippen LogP contribution < -0.4 is 0 Å². The Morgan fingerprint density at radius 1 is 0.368 bits per heavy atom. The molecule has 13 aromatic rings. The fourth-order valence-corrected chi connectivity index (χ4v) is 8.16. The number of rotatable bonds is 4. The molecule has 13 rings (SSSR count). The monoisotopic (exact) mass is 746 g/mol. The molecule has 0 atom stereocenters. The van der Waals surface area contributed by atoms with Crippen molar-refractivity contribution < 1.29 is 27.4 Å². The zero-order valence-corrected chi connectivity index (χ0v) is 29.0. The van der Waals surface area contributed by atoms with Gasteiger partial charge in [-0.15, -0.1) is 0 Å². The molecule has 57 heavy (non-hydrogen) atoms. The number of fused-ring (bicyclic) bond motifs is 12. The van der Waals surface area contributed by atoms with Gasteiger partial charge in [-0.3, -0.25) is 9.13 Å². The lowest BCUT2D eigenvalue weighted by Crippen LogP contribution is -2.10. The van der Waals surface area contributed by atoms with Crippen LogP contribution in [0.4, 0.5) is 0 Å². The lowest BCUT2D eigenvalue weighted by Gasteiger charge is -2.13. The molecule has 0 spiro atoms. The van der Waals surface area contributed by atoms with Crippen LogP contribution in [0.25, 0.3) is 116 Å². The highest BCUT2D eigenvalue weighted by Gasteiger charge is 2.24. The van der Waals surface area contributed by atoms with E-state index in [2.05, 4.69) is 0 Å². The average molecular weight is 747 g/mol. The highest BCUT2D eigenvalue weighted by molar-refractivity contribution is 6.25. The molecule has 5 aromatic heterocycles. The highest BCUT2D eigenvalue weighted by atomic mass is 15.3. The first-order chi connectivity index (χ1) is 36.6. The smallest absolute Gasteiger partial charge is 0.240 e. The molecule has 0 radical (unpaired) electrons. The van der Waals surface area contributed by atoms with E-state index >= 15 is 0 Å². The second-order valence-electron chi connectivity index (χ2n) is 13.3. The summed E-state index contributed by atoms with van der Waals surface area (Å²) in [6, 6.07) is 3.93. The van der Waals surface area contributed by atoms with Gasteiger partial charge in [0.1, 0.15) is 0 Å². The maximum Gasteiger partial charge on any atom is 0.240 e. The second kappa shape index (κ2) is 11.4. The standard InChI is InChI=1S/C51H30N6/c1-2-14-31(15-3-1)32-28-29-46-41(30-32)36-19-7-10-26-44(36)56(46)51-53-49(52-50(54-51)55-42-24-8-4-16-33(42)34-17-5-9-25-43(34)55)40-23-13-22-39-38-21-12-20-37-35-18-6-11-27-45(35)57(47(37)38)48(39)40/h1-30H/i1D,2D,3D,4D,5D,7D,8D,9D,10D,14D,15D,16D,17D,19D,24D,25D,26D,28D,29D,30D. The van der Waals surface area contributed by atoms with Crippen LogP contribution in [0.3, 0.4) is 0 Å². The molecule has 0 saturated carbocycles. The van der Waals surface area contributed by atoms with Gasteiger partial charge in [0, 0.05) is 48.7 Å². The summed E-state index contributed by atoms with van der Waals surface area (Å²) in [6.45, 7) is 0. The zero-order valence-electron chi connectivity index (χ0n) is 49.0. The van der Waals surface area contributed by atoms with Crippen molar-refractivity contribution >= 4 is 81.7 Å². The molecular weight excluding hydrogens is 697 g/mol.